The van der Waals surface area contributed by atoms with Crippen molar-refractivity contribution in [3.63, 3.8) is 0 Å². The van der Waals surface area contributed by atoms with Gasteiger partial charge in [0, 0.05) is 50.1 Å². The summed E-state index contributed by atoms with van der Waals surface area (Å²) >= 11 is 0. The molecule has 0 radical (unpaired) electrons. The Bertz CT molecular complexity index is 1500. The average Bonchev–Trinajstić information content (AvgIpc) is 3.58. The van der Waals surface area contributed by atoms with Crippen molar-refractivity contribution in [3.05, 3.63) is 66.5 Å². The number of aromatic nitrogens is 4. The number of carbonyl (C=O) groups excluding carboxylic acids is 1. The largest absolute Gasteiger partial charge is 0.461 e. The number of nitrogens with one attached hydrogen (secondary N) is 1. The summed E-state index contributed by atoms with van der Waals surface area (Å²) in [5.74, 6) is -0.171. The topological polar surface area (TPSA) is 94.4 Å². The molecule has 208 valence electrons. The molecule has 11 heteroatoms. The van der Waals surface area contributed by atoms with Crippen molar-refractivity contribution in [2.24, 2.45) is 0 Å². The van der Waals surface area contributed by atoms with Crippen molar-refractivity contribution in [1.29, 1.82) is 0 Å². The summed E-state index contributed by atoms with van der Waals surface area (Å²) in [6.07, 6.45) is 7.05. The maximum absolute atomic E-state index is 13.6. The molecule has 3 atom stereocenters. The van der Waals surface area contributed by atoms with Gasteiger partial charge in [-0.3, -0.25) is 19.2 Å². The zero-order chi connectivity index (χ0) is 27.6. The van der Waals surface area contributed by atoms with Gasteiger partial charge in [-0.05, 0) is 43.0 Å². The minimum atomic E-state index is -1.47. The number of halogens is 2. The predicted molar refractivity (Wildman–Crippen MR) is 145 cm³/mol. The van der Waals surface area contributed by atoms with Gasteiger partial charge in [-0.25, -0.2) is 18.7 Å². The molecule has 4 heterocycles. The van der Waals surface area contributed by atoms with Crippen LogP contribution in [0.3, 0.4) is 0 Å². The van der Waals surface area contributed by atoms with Gasteiger partial charge in [-0.1, -0.05) is 12.1 Å². The second-order valence-corrected chi connectivity index (χ2v) is 10.1. The number of carbonyl (C=O) groups is 1. The lowest BCUT2D eigenvalue weighted by atomic mass is 10.1. The summed E-state index contributed by atoms with van der Waals surface area (Å²) < 4.78 is 39.5. The van der Waals surface area contributed by atoms with E-state index in [0.717, 1.165) is 50.3 Å². The number of pyridine rings is 1. The molecule has 1 unspecified atom stereocenters. The summed E-state index contributed by atoms with van der Waals surface area (Å²) in [5, 5.41) is 3.23. The van der Waals surface area contributed by atoms with E-state index in [-0.39, 0.29) is 23.9 Å². The highest BCUT2D eigenvalue weighted by Crippen LogP contribution is 2.33. The number of hydrogen-bond donors (Lipinski definition) is 1. The van der Waals surface area contributed by atoms with Gasteiger partial charge < -0.3 is 14.8 Å². The number of alkyl halides is 1. The van der Waals surface area contributed by atoms with Gasteiger partial charge in [0.05, 0.1) is 42.2 Å². The fourth-order valence-electron chi connectivity index (χ4n) is 5.67. The SMILES string of the molecule is CC(F)Oc1cccc(-c2cn(-c3ncc(F)cn3)c3cc(C(=O)N[C@@H]4CCC[C@H]4N4CCOCC4)cnc23)c1. The molecule has 3 aromatic heterocycles. The number of benzene rings is 1. The smallest absolute Gasteiger partial charge is 0.253 e. The Hall–Kier alpha value is -3.96. The standard InChI is InChI=1S/C29H30F2N6O3/c1-18(30)40-22-5-2-4-19(12-22)23-17-37(29-33-15-21(31)16-34-29)26-13-20(14-32-27(23)26)28(38)35-24-6-3-7-25(24)36-8-10-39-11-9-36/h2,4-5,12-18,24-25H,3,6-11H2,1H3,(H,35,38)/t18?,24-,25-/m1/s1. The van der Waals surface area contributed by atoms with Crippen molar-refractivity contribution in [1.82, 2.24) is 29.7 Å². The van der Waals surface area contributed by atoms with Gasteiger partial charge in [-0.2, -0.15) is 0 Å². The van der Waals surface area contributed by atoms with Crippen LogP contribution in [0.4, 0.5) is 8.78 Å². The Kier molecular flexibility index (Phi) is 7.40. The Morgan fingerprint density at radius 2 is 1.93 bits per heavy atom. The molecule has 1 aliphatic carbocycles. The Morgan fingerprint density at radius 1 is 1.12 bits per heavy atom. The van der Waals surface area contributed by atoms with Crippen LogP contribution >= 0.6 is 0 Å². The van der Waals surface area contributed by atoms with Crippen LogP contribution in [-0.4, -0.2) is 75.1 Å². The summed E-state index contributed by atoms with van der Waals surface area (Å²) in [7, 11) is 0. The number of ether oxygens (including phenoxy) is 2. The van der Waals surface area contributed by atoms with Gasteiger partial charge in [0.1, 0.15) is 5.75 Å². The summed E-state index contributed by atoms with van der Waals surface area (Å²) in [6, 6.07) is 9.09. The van der Waals surface area contributed by atoms with Gasteiger partial charge in [0.2, 0.25) is 12.3 Å². The number of fused-ring (bicyclic) bond motifs is 1. The molecule has 6 rings (SSSR count). The van der Waals surface area contributed by atoms with E-state index < -0.39 is 12.2 Å². The van der Waals surface area contributed by atoms with Crippen molar-refractivity contribution in [2.75, 3.05) is 26.3 Å². The van der Waals surface area contributed by atoms with E-state index in [4.69, 9.17) is 9.47 Å². The predicted octanol–water partition coefficient (Wildman–Crippen LogP) is 4.30. The van der Waals surface area contributed by atoms with Crippen LogP contribution in [0.5, 0.6) is 5.75 Å². The summed E-state index contributed by atoms with van der Waals surface area (Å²) in [5.41, 5.74) is 3.00. The number of amides is 1. The minimum absolute atomic E-state index is 0.0460. The minimum Gasteiger partial charge on any atom is -0.461 e. The van der Waals surface area contributed by atoms with E-state index in [0.29, 0.717) is 41.1 Å². The molecule has 1 aromatic carbocycles. The highest BCUT2D eigenvalue weighted by molar-refractivity contribution is 6.00. The van der Waals surface area contributed by atoms with Crippen molar-refractivity contribution < 1.29 is 23.0 Å². The second kappa shape index (κ2) is 11.3. The number of rotatable bonds is 7. The summed E-state index contributed by atoms with van der Waals surface area (Å²) in [4.78, 5) is 28.8. The Balaban J connectivity index is 1.35. The van der Waals surface area contributed by atoms with Crippen LogP contribution in [-0.2, 0) is 4.74 Å². The highest BCUT2D eigenvalue weighted by Gasteiger charge is 2.34. The van der Waals surface area contributed by atoms with Crippen LogP contribution in [0.15, 0.2) is 55.1 Å². The van der Waals surface area contributed by atoms with E-state index in [1.165, 1.54) is 6.92 Å². The van der Waals surface area contributed by atoms with Crippen molar-refractivity contribution in [2.45, 2.75) is 44.6 Å². The number of hydrogen-bond acceptors (Lipinski definition) is 7. The first kappa shape index (κ1) is 26.3. The molecule has 1 amide bonds. The first-order valence-electron chi connectivity index (χ1n) is 13.5. The lowest BCUT2D eigenvalue weighted by Crippen LogP contribution is -2.52. The lowest BCUT2D eigenvalue weighted by Gasteiger charge is -2.35. The van der Waals surface area contributed by atoms with Crippen LogP contribution in [0, 0.1) is 5.82 Å². The number of nitrogens with zero attached hydrogens (tertiary/aromatic N) is 5. The Morgan fingerprint density at radius 3 is 2.70 bits per heavy atom. The highest BCUT2D eigenvalue weighted by atomic mass is 19.1. The molecular weight excluding hydrogens is 518 g/mol. The molecule has 40 heavy (non-hydrogen) atoms. The van der Waals surface area contributed by atoms with Gasteiger partial charge in [-0.15, -0.1) is 0 Å². The zero-order valence-corrected chi connectivity index (χ0v) is 22.1. The fourth-order valence-corrected chi connectivity index (χ4v) is 5.67. The maximum Gasteiger partial charge on any atom is 0.253 e. The van der Waals surface area contributed by atoms with E-state index in [9.17, 15) is 13.6 Å². The first-order chi connectivity index (χ1) is 19.5. The molecule has 9 nitrogen and oxygen atoms in total. The van der Waals surface area contributed by atoms with E-state index >= 15 is 0 Å². The third kappa shape index (κ3) is 5.39. The third-order valence-electron chi connectivity index (χ3n) is 7.48. The molecule has 1 saturated carbocycles. The van der Waals surface area contributed by atoms with Crippen molar-refractivity contribution >= 4 is 16.9 Å². The number of morpholine rings is 1. The molecule has 1 aliphatic heterocycles. The quantitative estimate of drug-likeness (QED) is 0.368. The third-order valence-corrected chi connectivity index (χ3v) is 7.48. The molecule has 2 fully saturated rings. The second-order valence-electron chi connectivity index (χ2n) is 10.1. The van der Waals surface area contributed by atoms with Gasteiger partial charge >= 0.3 is 0 Å². The zero-order valence-electron chi connectivity index (χ0n) is 22.1. The molecule has 1 saturated heterocycles. The molecule has 1 N–H and O–H groups in total. The van der Waals surface area contributed by atoms with Crippen LogP contribution in [0.25, 0.3) is 28.1 Å². The van der Waals surface area contributed by atoms with Crippen LogP contribution < -0.4 is 10.1 Å². The maximum atomic E-state index is 13.6. The molecule has 4 aromatic rings. The first-order valence-corrected chi connectivity index (χ1v) is 13.5. The monoisotopic (exact) mass is 548 g/mol. The van der Waals surface area contributed by atoms with Crippen LogP contribution in [0.2, 0.25) is 0 Å². The fraction of sp³-hybridized carbons (Fsp3) is 0.379. The van der Waals surface area contributed by atoms with E-state index in [1.807, 2.05) is 6.07 Å². The molecule has 0 bridgehead atoms. The summed E-state index contributed by atoms with van der Waals surface area (Å²) in [6.45, 7) is 4.48. The molecule has 2 aliphatic rings. The normalized spacial score (nSPS) is 20.5. The van der Waals surface area contributed by atoms with Crippen molar-refractivity contribution in [3.8, 4) is 22.8 Å². The molecule has 0 spiro atoms. The van der Waals surface area contributed by atoms with Crippen LogP contribution in [0.1, 0.15) is 36.5 Å². The van der Waals surface area contributed by atoms with E-state index in [2.05, 4.69) is 25.2 Å². The average molecular weight is 549 g/mol. The van der Waals surface area contributed by atoms with Gasteiger partial charge in [0.15, 0.2) is 5.82 Å². The van der Waals surface area contributed by atoms with E-state index in [1.54, 1.807) is 41.2 Å². The molecular formula is C29H30F2N6O3. The lowest BCUT2D eigenvalue weighted by molar-refractivity contribution is 0.0126. The van der Waals surface area contributed by atoms with Gasteiger partial charge in [0.25, 0.3) is 5.91 Å². The Labute approximate surface area is 230 Å².